The van der Waals surface area contributed by atoms with Crippen molar-refractivity contribution in [2.45, 2.75) is 25.8 Å². The highest BCUT2D eigenvalue weighted by molar-refractivity contribution is 5.95. The molecule has 1 aliphatic rings. The molecule has 0 aliphatic carbocycles. The van der Waals surface area contributed by atoms with Gasteiger partial charge in [-0.3, -0.25) is 14.8 Å². The molecule has 114 valence electrons. The highest BCUT2D eigenvalue weighted by Gasteiger charge is 2.31. The first kappa shape index (κ1) is 14.5. The molecule has 0 radical (unpaired) electrons. The molecule has 22 heavy (non-hydrogen) atoms. The first-order chi connectivity index (χ1) is 10.7. The van der Waals surface area contributed by atoms with Gasteiger partial charge in [-0.05, 0) is 38.0 Å². The van der Waals surface area contributed by atoms with Gasteiger partial charge in [-0.25, -0.2) is 0 Å². The van der Waals surface area contributed by atoms with Crippen molar-refractivity contribution in [3.63, 3.8) is 0 Å². The van der Waals surface area contributed by atoms with Crippen LogP contribution >= 0.6 is 0 Å². The summed E-state index contributed by atoms with van der Waals surface area (Å²) in [5.41, 5.74) is 2.39. The summed E-state index contributed by atoms with van der Waals surface area (Å²) in [4.78, 5) is 23.4. The Morgan fingerprint density at radius 1 is 1.36 bits per heavy atom. The molecule has 5 heteroatoms. The van der Waals surface area contributed by atoms with Crippen LogP contribution in [0.1, 0.15) is 40.6 Å². The second kappa shape index (κ2) is 6.13. The van der Waals surface area contributed by atoms with Crippen LogP contribution in [0.5, 0.6) is 5.75 Å². The van der Waals surface area contributed by atoms with E-state index in [1.165, 1.54) is 0 Å². The highest BCUT2D eigenvalue weighted by atomic mass is 16.5. The van der Waals surface area contributed by atoms with Crippen LogP contribution in [-0.2, 0) is 0 Å². The predicted octanol–water partition coefficient (Wildman–Crippen LogP) is 2.77. The lowest BCUT2D eigenvalue weighted by atomic mass is 10.1. The Hall–Kier alpha value is -2.43. The zero-order chi connectivity index (χ0) is 15.5. The monoisotopic (exact) mass is 297 g/mol. The van der Waals surface area contributed by atoms with Crippen LogP contribution in [0.4, 0.5) is 0 Å². The molecule has 0 unspecified atom stereocenters. The number of likely N-dealkylation sites (tertiary alicyclic amines) is 1. The molecule has 1 atom stereocenters. The van der Waals surface area contributed by atoms with Crippen molar-refractivity contribution in [1.82, 2.24) is 14.9 Å². The molecule has 1 aliphatic heterocycles. The van der Waals surface area contributed by atoms with Gasteiger partial charge in [0.1, 0.15) is 5.75 Å². The average Bonchev–Trinajstić information content (AvgIpc) is 3.04. The summed E-state index contributed by atoms with van der Waals surface area (Å²) in [6.45, 7) is 2.66. The number of aryl methyl sites for hydroxylation is 1. The number of aromatic nitrogens is 2. The van der Waals surface area contributed by atoms with Gasteiger partial charge in [0.05, 0.1) is 30.7 Å². The SMILES string of the molecule is COc1cccc(C(=O)N2CCC[C@H]2c2cncc(C)n2)c1. The van der Waals surface area contributed by atoms with Gasteiger partial charge >= 0.3 is 0 Å². The van der Waals surface area contributed by atoms with Gasteiger partial charge in [0, 0.05) is 18.3 Å². The van der Waals surface area contributed by atoms with Crippen molar-refractivity contribution >= 4 is 5.91 Å². The number of benzene rings is 1. The predicted molar refractivity (Wildman–Crippen MR) is 82.8 cm³/mol. The Labute approximate surface area is 130 Å². The molecule has 1 fully saturated rings. The van der Waals surface area contributed by atoms with Gasteiger partial charge in [-0.15, -0.1) is 0 Å². The summed E-state index contributed by atoms with van der Waals surface area (Å²) < 4.78 is 5.20. The summed E-state index contributed by atoms with van der Waals surface area (Å²) in [6, 6.07) is 7.28. The van der Waals surface area contributed by atoms with Gasteiger partial charge in [-0.2, -0.15) is 0 Å². The third kappa shape index (κ3) is 2.79. The average molecular weight is 297 g/mol. The standard InChI is InChI=1S/C17H19N3O2/c1-12-10-18-11-15(19-12)16-7-4-8-20(16)17(21)13-5-3-6-14(9-13)22-2/h3,5-6,9-11,16H,4,7-8H2,1-2H3/t16-/m0/s1. The molecule has 1 saturated heterocycles. The van der Waals surface area contributed by atoms with Crippen LogP contribution in [0.2, 0.25) is 0 Å². The summed E-state index contributed by atoms with van der Waals surface area (Å²) in [7, 11) is 1.60. The van der Waals surface area contributed by atoms with E-state index in [2.05, 4.69) is 9.97 Å². The zero-order valence-corrected chi connectivity index (χ0v) is 12.8. The van der Waals surface area contributed by atoms with Gasteiger partial charge in [0.25, 0.3) is 5.91 Å². The molecule has 2 aromatic rings. The molecular weight excluding hydrogens is 278 g/mol. The van der Waals surface area contributed by atoms with E-state index in [1.54, 1.807) is 25.6 Å². The molecule has 2 heterocycles. The van der Waals surface area contributed by atoms with Crippen molar-refractivity contribution in [2.24, 2.45) is 0 Å². The van der Waals surface area contributed by atoms with Crippen molar-refractivity contribution in [2.75, 3.05) is 13.7 Å². The summed E-state index contributed by atoms with van der Waals surface area (Å²) >= 11 is 0. The van der Waals surface area contributed by atoms with E-state index in [-0.39, 0.29) is 11.9 Å². The summed E-state index contributed by atoms with van der Waals surface area (Å²) in [6.07, 6.45) is 5.39. The lowest BCUT2D eigenvalue weighted by Gasteiger charge is -2.24. The highest BCUT2D eigenvalue weighted by Crippen LogP contribution is 2.32. The van der Waals surface area contributed by atoms with Gasteiger partial charge in [-0.1, -0.05) is 6.07 Å². The lowest BCUT2D eigenvalue weighted by molar-refractivity contribution is 0.0732. The van der Waals surface area contributed by atoms with Crippen LogP contribution in [0.3, 0.4) is 0 Å². The fourth-order valence-corrected chi connectivity index (χ4v) is 2.88. The number of ether oxygens (including phenoxy) is 1. The second-order valence-electron chi connectivity index (χ2n) is 5.47. The summed E-state index contributed by atoms with van der Waals surface area (Å²) in [5, 5.41) is 0. The molecule has 0 N–H and O–H groups in total. The Morgan fingerprint density at radius 3 is 3.00 bits per heavy atom. The molecule has 0 saturated carbocycles. The Kier molecular flexibility index (Phi) is 4.04. The van der Waals surface area contributed by atoms with E-state index in [0.29, 0.717) is 11.3 Å². The second-order valence-corrected chi connectivity index (χ2v) is 5.47. The molecule has 3 rings (SSSR count). The topological polar surface area (TPSA) is 55.3 Å². The first-order valence-corrected chi connectivity index (χ1v) is 7.42. The molecule has 1 aromatic carbocycles. The van der Waals surface area contributed by atoms with Crippen LogP contribution in [-0.4, -0.2) is 34.4 Å². The van der Waals surface area contributed by atoms with Gasteiger partial charge in [0.2, 0.25) is 0 Å². The number of carbonyl (C=O) groups is 1. The van der Waals surface area contributed by atoms with Crippen LogP contribution in [0.15, 0.2) is 36.7 Å². The van der Waals surface area contributed by atoms with E-state index >= 15 is 0 Å². The molecule has 1 amide bonds. The Morgan fingerprint density at radius 2 is 2.23 bits per heavy atom. The maximum atomic E-state index is 12.8. The van der Waals surface area contributed by atoms with Crippen LogP contribution in [0, 0.1) is 6.92 Å². The van der Waals surface area contributed by atoms with E-state index in [1.807, 2.05) is 30.0 Å². The number of amides is 1. The zero-order valence-electron chi connectivity index (χ0n) is 12.8. The quantitative estimate of drug-likeness (QED) is 0.874. The molecule has 0 spiro atoms. The molecular formula is C17H19N3O2. The van der Waals surface area contributed by atoms with E-state index in [4.69, 9.17) is 4.74 Å². The normalized spacial score (nSPS) is 17.5. The minimum Gasteiger partial charge on any atom is -0.497 e. The number of hydrogen-bond donors (Lipinski definition) is 0. The minimum absolute atomic E-state index is 0.00565. The number of hydrogen-bond acceptors (Lipinski definition) is 4. The Balaban J connectivity index is 1.87. The largest absolute Gasteiger partial charge is 0.497 e. The lowest BCUT2D eigenvalue weighted by Crippen LogP contribution is -2.31. The van der Waals surface area contributed by atoms with Crippen molar-refractivity contribution in [3.05, 3.63) is 53.6 Å². The number of methoxy groups -OCH3 is 1. The maximum Gasteiger partial charge on any atom is 0.254 e. The fourth-order valence-electron chi connectivity index (χ4n) is 2.88. The number of rotatable bonds is 3. The van der Waals surface area contributed by atoms with Crippen LogP contribution in [0.25, 0.3) is 0 Å². The van der Waals surface area contributed by atoms with E-state index in [9.17, 15) is 4.79 Å². The number of nitrogens with zero attached hydrogens (tertiary/aromatic N) is 3. The third-order valence-electron chi connectivity index (χ3n) is 3.95. The number of carbonyl (C=O) groups excluding carboxylic acids is 1. The smallest absolute Gasteiger partial charge is 0.254 e. The fraction of sp³-hybridized carbons (Fsp3) is 0.353. The maximum absolute atomic E-state index is 12.8. The van der Waals surface area contributed by atoms with E-state index < -0.39 is 0 Å². The third-order valence-corrected chi connectivity index (χ3v) is 3.95. The van der Waals surface area contributed by atoms with Crippen LogP contribution < -0.4 is 4.74 Å². The van der Waals surface area contributed by atoms with Gasteiger partial charge in [0.15, 0.2) is 0 Å². The molecule has 1 aromatic heterocycles. The molecule has 5 nitrogen and oxygen atoms in total. The van der Waals surface area contributed by atoms with E-state index in [0.717, 1.165) is 30.8 Å². The van der Waals surface area contributed by atoms with Crippen molar-refractivity contribution in [1.29, 1.82) is 0 Å². The van der Waals surface area contributed by atoms with Crippen molar-refractivity contribution in [3.8, 4) is 5.75 Å². The van der Waals surface area contributed by atoms with Gasteiger partial charge < -0.3 is 9.64 Å². The van der Waals surface area contributed by atoms with Crippen molar-refractivity contribution < 1.29 is 9.53 Å². The molecule has 0 bridgehead atoms. The summed E-state index contributed by atoms with van der Waals surface area (Å²) in [5.74, 6) is 0.710. The minimum atomic E-state index is 0.00565. The first-order valence-electron chi connectivity index (χ1n) is 7.42. The Bertz CT molecular complexity index is 687.